The summed E-state index contributed by atoms with van der Waals surface area (Å²) in [6.45, 7) is -0.259. The van der Waals surface area contributed by atoms with Crippen molar-refractivity contribution in [2.45, 2.75) is 6.42 Å². The number of aldehydes is 1. The number of pyridine rings is 1. The summed E-state index contributed by atoms with van der Waals surface area (Å²) in [7, 11) is 3.38. The number of primary amides is 1. The number of carbonyl (C=O) groups excluding carboxylic acids is 2. The van der Waals surface area contributed by atoms with Crippen LogP contribution in [0, 0.1) is 0 Å². The van der Waals surface area contributed by atoms with E-state index in [4.69, 9.17) is 20.2 Å². The van der Waals surface area contributed by atoms with Crippen molar-refractivity contribution in [1.29, 1.82) is 0 Å². The molecule has 0 radical (unpaired) electrons. The maximum atomic E-state index is 11.8. The fraction of sp³-hybridized carbons (Fsp3) is 0.138. The third-order valence-corrected chi connectivity index (χ3v) is 5.78. The molecule has 0 saturated heterocycles. The number of para-hydroxylation sites is 1. The van der Waals surface area contributed by atoms with E-state index < -0.39 is 5.91 Å². The zero-order valence-corrected chi connectivity index (χ0v) is 20.2. The van der Waals surface area contributed by atoms with Crippen molar-refractivity contribution in [3.63, 3.8) is 0 Å². The zero-order chi connectivity index (χ0) is 25.5. The van der Waals surface area contributed by atoms with Crippen LogP contribution < -0.4 is 20.5 Å². The lowest BCUT2D eigenvalue weighted by atomic mass is 9.91. The molecular formula is C29H27N3O4. The Kier molecular flexibility index (Phi) is 7.60. The van der Waals surface area contributed by atoms with E-state index in [1.54, 1.807) is 6.07 Å². The van der Waals surface area contributed by atoms with Gasteiger partial charge < -0.3 is 25.3 Å². The van der Waals surface area contributed by atoms with Crippen LogP contribution in [0.25, 0.3) is 33.6 Å². The predicted molar refractivity (Wildman–Crippen MR) is 141 cm³/mol. The number of nitrogens with zero attached hydrogens (tertiary/aromatic N) is 1. The Bertz CT molecular complexity index is 1390. The Morgan fingerprint density at radius 1 is 0.944 bits per heavy atom. The van der Waals surface area contributed by atoms with Gasteiger partial charge >= 0.3 is 0 Å². The van der Waals surface area contributed by atoms with Gasteiger partial charge in [-0.15, -0.1) is 0 Å². The Morgan fingerprint density at radius 3 is 2.39 bits per heavy atom. The van der Waals surface area contributed by atoms with Crippen LogP contribution in [0.3, 0.4) is 0 Å². The van der Waals surface area contributed by atoms with E-state index in [0.29, 0.717) is 11.5 Å². The molecule has 7 nitrogen and oxygen atoms in total. The van der Waals surface area contributed by atoms with Crippen LogP contribution in [0.1, 0.15) is 5.56 Å². The van der Waals surface area contributed by atoms with Gasteiger partial charge in [-0.25, -0.2) is 4.98 Å². The largest absolute Gasteiger partial charge is 0.493 e. The third kappa shape index (κ3) is 5.20. The van der Waals surface area contributed by atoms with Gasteiger partial charge in [-0.2, -0.15) is 0 Å². The molecule has 3 N–H and O–H groups in total. The molecule has 0 saturated carbocycles. The number of rotatable bonds is 10. The van der Waals surface area contributed by atoms with Gasteiger partial charge in [-0.05, 0) is 41.0 Å². The second-order valence-electron chi connectivity index (χ2n) is 8.04. The molecule has 4 aromatic rings. The first-order valence-corrected chi connectivity index (χ1v) is 11.4. The predicted octanol–water partition coefficient (Wildman–Crippen LogP) is 4.74. The molecule has 1 aromatic heterocycles. The zero-order valence-electron chi connectivity index (χ0n) is 20.2. The van der Waals surface area contributed by atoms with Crippen LogP contribution in [0.5, 0.6) is 11.5 Å². The van der Waals surface area contributed by atoms with Crippen molar-refractivity contribution in [2.24, 2.45) is 5.73 Å². The molecule has 3 aromatic carbocycles. The topological polar surface area (TPSA) is 104 Å². The highest BCUT2D eigenvalue weighted by molar-refractivity contribution is 5.87. The Morgan fingerprint density at radius 2 is 1.69 bits per heavy atom. The van der Waals surface area contributed by atoms with E-state index in [2.05, 4.69) is 5.32 Å². The quantitative estimate of drug-likeness (QED) is 0.317. The number of hydrogen-bond donors (Lipinski definition) is 2. The first-order valence-electron chi connectivity index (χ1n) is 11.4. The van der Waals surface area contributed by atoms with Gasteiger partial charge in [0.1, 0.15) is 6.29 Å². The Labute approximate surface area is 209 Å². The van der Waals surface area contributed by atoms with Gasteiger partial charge in [0.05, 0.1) is 18.5 Å². The average molecular weight is 482 g/mol. The summed E-state index contributed by atoms with van der Waals surface area (Å²) in [5, 5.41) is 3.23. The average Bonchev–Trinajstić information content (AvgIpc) is 2.92. The summed E-state index contributed by atoms with van der Waals surface area (Å²) in [5.41, 5.74) is 11.9. The summed E-state index contributed by atoms with van der Waals surface area (Å²) < 4.78 is 11.0. The minimum absolute atomic E-state index is 0.174. The van der Waals surface area contributed by atoms with Gasteiger partial charge in [0, 0.05) is 30.3 Å². The maximum Gasteiger partial charge on any atom is 0.255 e. The van der Waals surface area contributed by atoms with E-state index in [1.807, 2.05) is 79.8 Å². The molecule has 4 rings (SSSR count). The van der Waals surface area contributed by atoms with Gasteiger partial charge in [-0.1, -0.05) is 54.6 Å². The van der Waals surface area contributed by atoms with Crippen LogP contribution in [0.2, 0.25) is 0 Å². The highest BCUT2D eigenvalue weighted by Gasteiger charge is 2.19. The lowest BCUT2D eigenvalue weighted by Gasteiger charge is -2.19. The Balaban J connectivity index is 1.98. The summed E-state index contributed by atoms with van der Waals surface area (Å²) in [6, 6.07) is 25.2. The van der Waals surface area contributed by atoms with Crippen LogP contribution in [-0.4, -0.2) is 37.9 Å². The number of carbonyl (C=O) groups is 2. The molecule has 0 unspecified atom stereocenters. The van der Waals surface area contributed by atoms with E-state index in [0.717, 1.165) is 51.2 Å². The first-order chi connectivity index (χ1) is 17.5. The monoisotopic (exact) mass is 481 g/mol. The van der Waals surface area contributed by atoms with Crippen LogP contribution in [0.4, 0.5) is 5.69 Å². The molecule has 0 bridgehead atoms. The lowest BCUT2D eigenvalue weighted by molar-refractivity contribution is -0.120. The number of benzene rings is 3. The third-order valence-electron chi connectivity index (χ3n) is 5.78. The molecule has 7 heteroatoms. The van der Waals surface area contributed by atoms with Crippen molar-refractivity contribution < 1.29 is 19.1 Å². The molecule has 0 fully saturated rings. The minimum Gasteiger partial charge on any atom is -0.493 e. The smallest absolute Gasteiger partial charge is 0.255 e. The van der Waals surface area contributed by atoms with Crippen molar-refractivity contribution in [2.75, 3.05) is 26.1 Å². The van der Waals surface area contributed by atoms with Crippen molar-refractivity contribution in [3.8, 4) is 45.1 Å². The number of nitrogens with two attached hydrogens (primary N) is 1. The Hall–Kier alpha value is -4.65. The van der Waals surface area contributed by atoms with Crippen molar-refractivity contribution in [3.05, 3.63) is 84.4 Å². The molecule has 182 valence electrons. The van der Waals surface area contributed by atoms with Crippen molar-refractivity contribution >= 4 is 17.9 Å². The van der Waals surface area contributed by atoms with Gasteiger partial charge in [0.15, 0.2) is 18.1 Å². The minimum atomic E-state index is -0.580. The number of methoxy groups -OCH3 is 1. The number of aromatic nitrogens is 1. The van der Waals surface area contributed by atoms with Crippen LogP contribution >= 0.6 is 0 Å². The molecular weight excluding hydrogens is 454 g/mol. The van der Waals surface area contributed by atoms with Gasteiger partial charge in [-0.3, -0.25) is 4.79 Å². The van der Waals surface area contributed by atoms with Crippen molar-refractivity contribution in [1.82, 2.24) is 4.98 Å². The summed E-state index contributed by atoms with van der Waals surface area (Å²) in [5.74, 6) is 0.264. The highest BCUT2D eigenvalue weighted by atomic mass is 16.5. The molecule has 0 atom stereocenters. The molecule has 1 amide bonds. The second-order valence-corrected chi connectivity index (χ2v) is 8.04. The number of nitrogens with one attached hydrogen (secondary N) is 1. The molecule has 0 aliphatic heterocycles. The fourth-order valence-corrected chi connectivity index (χ4v) is 4.11. The lowest BCUT2D eigenvalue weighted by Crippen LogP contribution is -2.20. The number of hydrogen-bond acceptors (Lipinski definition) is 6. The highest BCUT2D eigenvalue weighted by Crippen LogP contribution is 2.40. The normalized spacial score (nSPS) is 10.5. The molecule has 1 heterocycles. The summed E-state index contributed by atoms with van der Waals surface area (Å²) in [4.78, 5) is 28.1. The van der Waals surface area contributed by atoms with E-state index in [-0.39, 0.29) is 13.0 Å². The second kappa shape index (κ2) is 11.2. The standard InChI is InChI=1S/C29H27N3O4/c1-31-24-11-7-6-10-22(24)29-21(14-15-33)23(17-25(32-29)19-8-4-3-5-9-19)20-12-13-26(27(16-20)35-2)36-18-28(30)34/h3-13,15-17,31H,14,18H2,1-2H3,(H2,30,34). The van der Waals surface area contributed by atoms with E-state index in [1.165, 1.54) is 7.11 Å². The summed E-state index contributed by atoms with van der Waals surface area (Å²) in [6.07, 6.45) is 1.06. The molecule has 0 spiro atoms. The number of anilines is 1. The summed E-state index contributed by atoms with van der Waals surface area (Å²) >= 11 is 0. The number of amides is 1. The van der Waals surface area contributed by atoms with E-state index >= 15 is 0 Å². The first kappa shape index (κ1) is 24.5. The maximum absolute atomic E-state index is 11.8. The molecule has 0 aliphatic carbocycles. The molecule has 0 aliphatic rings. The van der Waals surface area contributed by atoms with Gasteiger partial charge in [0.25, 0.3) is 5.91 Å². The van der Waals surface area contributed by atoms with Gasteiger partial charge in [0.2, 0.25) is 0 Å². The van der Waals surface area contributed by atoms with Crippen LogP contribution in [-0.2, 0) is 16.0 Å². The molecule has 36 heavy (non-hydrogen) atoms. The van der Waals surface area contributed by atoms with E-state index in [9.17, 15) is 9.59 Å². The fourth-order valence-electron chi connectivity index (χ4n) is 4.11. The van der Waals surface area contributed by atoms with Crippen LogP contribution in [0.15, 0.2) is 78.9 Å². The number of ether oxygens (including phenoxy) is 2. The SMILES string of the molecule is CNc1ccccc1-c1nc(-c2ccccc2)cc(-c2ccc(OCC(N)=O)c(OC)c2)c1CC=O.